The van der Waals surface area contributed by atoms with Crippen molar-refractivity contribution in [3.8, 4) is 11.5 Å². The van der Waals surface area contributed by atoms with Crippen LogP contribution in [0.4, 0.5) is 0 Å². The second-order valence-electron chi connectivity index (χ2n) is 4.22. The van der Waals surface area contributed by atoms with Gasteiger partial charge in [0.25, 0.3) is 0 Å². The van der Waals surface area contributed by atoms with Gasteiger partial charge in [0.05, 0.1) is 7.11 Å². The van der Waals surface area contributed by atoms with Crippen molar-refractivity contribution < 1.29 is 14.3 Å². The lowest BCUT2D eigenvalue weighted by Crippen LogP contribution is -2.09. The number of aromatic nitrogens is 3. The first kappa shape index (κ1) is 14.0. The molecule has 0 amide bonds. The maximum absolute atomic E-state index is 10.8. The minimum absolute atomic E-state index is 0.276. The van der Waals surface area contributed by atoms with Crippen LogP contribution in [-0.2, 0) is 13.2 Å². The Kier molecular flexibility index (Phi) is 4.70. The Morgan fingerprint density at radius 3 is 2.90 bits per heavy atom. The number of hydrogen-bond donors (Lipinski definition) is 0. The molecule has 1 heterocycles. The zero-order valence-electron chi connectivity index (χ0n) is 11.6. The van der Waals surface area contributed by atoms with Crippen LogP contribution in [0.5, 0.6) is 11.5 Å². The Hall–Kier alpha value is -2.37. The van der Waals surface area contributed by atoms with E-state index in [1.165, 1.54) is 6.33 Å². The van der Waals surface area contributed by atoms with E-state index in [2.05, 4.69) is 17.0 Å². The van der Waals surface area contributed by atoms with Gasteiger partial charge in [0.1, 0.15) is 19.2 Å². The van der Waals surface area contributed by atoms with Gasteiger partial charge in [-0.3, -0.25) is 4.79 Å². The van der Waals surface area contributed by atoms with Crippen molar-refractivity contribution in [3.05, 3.63) is 35.9 Å². The molecule has 0 N–H and O–H groups in total. The first-order valence-corrected chi connectivity index (χ1v) is 6.41. The van der Waals surface area contributed by atoms with E-state index in [9.17, 15) is 4.79 Å². The second-order valence-corrected chi connectivity index (χ2v) is 4.22. The number of hydrogen-bond acceptors (Lipinski definition) is 5. The van der Waals surface area contributed by atoms with Crippen LogP contribution in [0.25, 0.3) is 0 Å². The molecular weight excluding hydrogens is 258 g/mol. The summed E-state index contributed by atoms with van der Waals surface area (Å²) in [7, 11) is 1.56. The monoisotopic (exact) mass is 275 g/mol. The van der Waals surface area contributed by atoms with Crippen molar-refractivity contribution in [2.45, 2.75) is 26.5 Å². The molecular formula is C14H17N3O3. The fourth-order valence-corrected chi connectivity index (χ4v) is 1.82. The summed E-state index contributed by atoms with van der Waals surface area (Å²) in [4.78, 5) is 15.0. The molecule has 0 saturated carbocycles. The Morgan fingerprint density at radius 1 is 1.35 bits per heavy atom. The summed E-state index contributed by atoms with van der Waals surface area (Å²) in [5.41, 5.74) is 0.538. The highest BCUT2D eigenvalue weighted by atomic mass is 16.5. The van der Waals surface area contributed by atoms with Crippen LogP contribution in [-0.4, -0.2) is 28.2 Å². The van der Waals surface area contributed by atoms with Gasteiger partial charge in [-0.05, 0) is 24.6 Å². The smallest absolute Gasteiger partial charge is 0.164 e. The predicted octanol–water partition coefficient (Wildman–Crippen LogP) is 2.09. The van der Waals surface area contributed by atoms with E-state index >= 15 is 0 Å². The molecule has 0 aliphatic heterocycles. The van der Waals surface area contributed by atoms with E-state index in [1.54, 1.807) is 30.0 Å². The largest absolute Gasteiger partial charge is 0.493 e. The SMILES string of the molecule is CCCn1ncnc1COc1cc(C=O)ccc1OC. The number of aldehydes is 1. The van der Waals surface area contributed by atoms with Gasteiger partial charge in [0, 0.05) is 12.1 Å². The van der Waals surface area contributed by atoms with Crippen LogP contribution in [0.2, 0.25) is 0 Å². The van der Waals surface area contributed by atoms with E-state index in [4.69, 9.17) is 9.47 Å². The third kappa shape index (κ3) is 3.14. The summed E-state index contributed by atoms with van der Waals surface area (Å²) < 4.78 is 12.7. The number of rotatable bonds is 7. The van der Waals surface area contributed by atoms with Gasteiger partial charge in [-0.25, -0.2) is 9.67 Å². The van der Waals surface area contributed by atoms with Crippen molar-refractivity contribution >= 4 is 6.29 Å². The zero-order chi connectivity index (χ0) is 14.4. The quantitative estimate of drug-likeness (QED) is 0.724. The number of benzene rings is 1. The van der Waals surface area contributed by atoms with Crippen molar-refractivity contribution in [3.63, 3.8) is 0 Å². The Morgan fingerprint density at radius 2 is 2.20 bits per heavy atom. The highest BCUT2D eigenvalue weighted by molar-refractivity contribution is 5.76. The lowest BCUT2D eigenvalue weighted by Gasteiger charge is -2.11. The number of aryl methyl sites for hydroxylation is 1. The van der Waals surface area contributed by atoms with Crippen LogP contribution >= 0.6 is 0 Å². The number of carbonyl (C=O) groups excluding carboxylic acids is 1. The maximum atomic E-state index is 10.8. The molecule has 0 fully saturated rings. The summed E-state index contributed by atoms with van der Waals surface area (Å²) in [6.07, 6.45) is 3.25. The van der Waals surface area contributed by atoms with Crippen LogP contribution in [0, 0.1) is 0 Å². The molecule has 2 rings (SSSR count). The molecule has 0 unspecified atom stereocenters. The summed E-state index contributed by atoms with van der Waals surface area (Å²) >= 11 is 0. The Balaban J connectivity index is 2.13. The van der Waals surface area contributed by atoms with Gasteiger partial charge >= 0.3 is 0 Å². The molecule has 2 aromatic rings. The third-order valence-corrected chi connectivity index (χ3v) is 2.81. The Labute approximate surface area is 117 Å². The normalized spacial score (nSPS) is 10.3. The molecule has 0 spiro atoms. The first-order chi connectivity index (χ1) is 9.78. The fraction of sp³-hybridized carbons (Fsp3) is 0.357. The number of carbonyl (C=O) groups is 1. The number of ether oxygens (including phenoxy) is 2. The molecule has 1 aromatic heterocycles. The minimum Gasteiger partial charge on any atom is -0.493 e. The van der Waals surface area contributed by atoms with E-state index < -0.39 is 0 Å². The number of methoxy groups -OCH3 is 1. The second kappa shape index (κ2) is 6.70. The third-order valence-electron chi connectivity index (χ3n) is 2.81. The average Bonchev–Trinajstić information content (AvgIpc) is 2.92. The molecule has 0 aliphatic carbocycles. The molecule has 0 atom stereocenters. The topological polar surface area (TPSA) is 66.2 Å². The van der Waals surface area contributed by atoms with Crippen molar-refractivity contribution in [1.82, 2.24) is 14.8 Å². The average molecular weight is 275 g/mol. The minimum atomic E-state index is 0.276. The van der Waals surface area contributed by atoms with Crippen molar-refractivity contribution in [2.24, 2.45) is 0 Å². The lowest BCUT2D eigenvalue weighted by molar-refractivity contribution is 0.112. The summed E-state index contributed by atoms with van der Waals surface area (Å²) in [6.45, 7) is 3.14. The van der Waals surface area contributed by atoms with Gasteiger partial charge in [-0.15, -0.1) is 0 Å². The molecule has 6 nitrogen and oxygen atoms in total. The van der Waals surface area contributed by atoms with Crippen molar-refractivity contribution in [2.75, 3.05) is 7.11 Å². The highest BCUT2D eigenvalue weighted by Gasteiger charge is 2.09. The molecule has 0 saturated heterocycles. The van der Waals surface area contributed by atoms with E-state index in [1.807, 2.05) is 0 Å². The molecule has 20 heavy (non-hydrogen) atoms. The van der Waals surface area contributed by atoms with Crippen LogP contribution in [0.15, 0.2) is 24.5 Å². The zero-order valence-corrected chi connectivity index (χ0v) is 11.6. The van der Waals surface area contributed by atoms with Gasteiger partial charge in [-0.2, -0.15) is 5.10 Å². The van der Waals surface area contributed by atoms with Gasteiger partial charge in [0.2, 0.25) is 0 Å². The standard InChI is InChI=1S/C14H17N3O3/c1-3-6-17-14(15-10-16-17)9-20-13-7-11(8-18)4-5-12(13)19-2/h4-5,7-8,10H,3,6,9H2,1-2H3. The molecule has 0 radical (unpaired) electrons. The van der Waals surface area contributed by atoms with E-state index in [0.717, 1.165) is 25.1 Å². The van der Waals surface area contributed by atoms with Crippen LogP contribution in [0.3, 0.4) is 0 Å². The van der Waals surface area contributed by atoms with Crippen molar-refractivity contribution in [1.29, 1.82) is 0 Å². The molecule has 0 aliphatic rings. The van der Waals surface area contributed by atoms with Gasteiger partial charge < -0.3 is 9.47 Å². The molecule has 6 heteroatoms. The van der Waals surface area contributed by atoms with E-state index in [-0.39, 0.29) is 6.61 Å². The van der Waals surface area contributed by atoms with Gasteiger partial charge in [-0.1, -0.05) is 6.92 Å². The number of nitrogens with zero attached hydrogens (tertiary/aromatic N) is 3. The molecule has 106 valence electrons. The molecule has 1 aromatic carbocycles. The van der Waals surface area contributed by atoms with Gasteiger partial charge in [0.15, 0.2) is 17.3 Å². The highest BCUT2D eigenvalue weighted by Crippen LogP contribution is 2.28. The Bertz CT molecular complexity index is 581. The van der Waals surface area contributed by atoms with Crippen LogP contribution in [0.1, 0.15) is 29.5 Å². The fourth-order valence-electron chi connectivity index (χ4n) is 1.82. The lowest BCUT2D eigenvalue weighted by atomic mass is 10.2. The maximum Gasteiger partial charge on any atom is 0.164 e. The summed E-state index contributed by atoms with van der Waals surface area (Å²) in [6, 6.07) is 5.03. The first-order valence-electron chi connectivity index (χ1n) is 6.41. The summed E-state index contributed by atoms with van der Waals surface area (Å²) in [5.74, 6) is 1.84. The van der Waals surface area contributed by atoms with E-state index in [0.29, 0.717) is 17.1 Å². The van der Waals surface area contributed by atoms with Crippen LogP contribution < -0.4 is 9.47 Å². The predicted molar refractivity (Wildman–Crippen MR) is 73.0 cm³/mol. The summed E-state index contributed by atoms with van der Waals surface area (Å²) in [5, 5.41) is 4.13. The molecule has 0 bridgehead atoms.